The second-order valence-corrected chi connectivity index (χ2v) is 7.27. The van der Waals surface area contributed by atoms with Crippen molar-refractivity contribution in [3.8, 4) is 0 Å². The average molecular weight is 479 g/mol. The number of hydrogen-bond donors (Lipinski definition) is 2. The molecule has 0 bridgehead atoms. The standard InChI is InChI=1S/C12H15FO2.C8H11FO.C7H7FO/c13-12-6-2-1-4-10(12)8-14-9-11-5-3-7-15-11;1-3-4-5-8(6-10)7(2)9;8-7-4-2-1-3-6(7)5-9/h1-2,4,6,11H,3,5,7-9H2;3-5,10H,2,6H2,1H3;1-4,9H,5H2/b;4-3-,8-5-;/t11-;;/m0../s1. The maximum atomic E-state index is 13.2. The fraction of sp³-hybridized carbons (Fsp3) is 0.333. The highest BCUT2D eigenvalue weighted by atomic mass is 19.1. The van der Waals surface area contributed by atoms with Gasteiger partial charge in [-0.25, -0.2) is 13.2 Å². The Morgan fingerprint density at radius 1 is 1.09 bits per heavy atom. The van der Waals surface area contributed by atoms with E-state index >= 15 is 0 Å². The van der Waals surface area contributed by atoms with E-state index in [1.807, 2.05) is 13.0 Å². The van der Waals surface area contributed by atoms with Gasteiger partial charge in [0.15, 0.2) is 0 Å². The maximum Gasteiger partial charge on any atom is 0.128 e. The Labute approximate surface area is 199 Å². The monoisotopic (exact) mass is 478 g/mol. The van der Waals surface area contributed by atoms with Crippen molar-refractivity contribution in [3.63, 3.8) is 0 Å². The first-order valence-corrected chi connectivity index (χ1v) is 11.0. The number of rotatable bonds is 8. The van der Waals surface area contributed by atoms with E-state index in [-0.39, 0.29) is 36.5 Å². The molecule has 0 unspecified atom stereocenters. The van der Waals surface area contributed by atoms with Crippen molar-refractivity contribution in [1.82, 2.24) is 0 Å². The van der Waals surface area contributed by atoms with Gasteiger partial charge in [0, 0.05) is 23.3 Å². The van der Waals surface area contributed by atoms with Gasteiger partial charge in [-0.3, -0.25) is 0 Å². The van der Waals surface area contributed by atoms with Gasteiger partial charge >= 0.3 is 0 Å². The number of aliphatic hydroxyl groups excluding tert-OH is 2. The zero-order valence-electron chi connectivity index (χ0n) is 19.4. The molecule has 0 saturated carbocycles. The van der Waals surface area contributed by atoms with Crippen molar-refractivity contribution < 1.29 is 32.9 Å². The molecule has 186 valence electrons. The highest BCUT2D eigenvalue weighted by Crippen LogP contribution is 2.14. The number of halogens is 3. The number of hydrogen-bond acceptors (Lipinski definition) is 4. The lowest BCUT2D eigenvalue weighted by molar-refractivity contribution is 0.00983. The molecule has 2 N–H and O–H groups in total. The molecule has 0 aromatic heterocycles. The van der Waals surface area contributed by atoms with Crippen molar-refractivity contribution in [3.05, 3.63) is 107 Å². The number of aliphatic hydroxyl groups is 2. The highest BCUT2D eigenvalue weighted by Gasteiger charge is 2.15. The molecule has 1 aliphatic heterocycles. The van der Waals surface area contributed by atoms with E-state index in [0.717, 1.165) is 19.4 Å². The van der Waals surface area contributed by atoms with Crippen LogP contribution in [0.25, 0.3) is 0 Å². The highest BCUT2D eigenvalue weighted by molar-refractivity contribution is 5.26. The van der Waals surface area contributed by atoms with E-state index in [1.165, 1.54) is 18.2 Å². The molecule has 0 radical (unpaired) electrons. The fourth-order valence-corrected chi connectivity index (χ4v) is 2.76. The van der Waals surface area contributed by atoms with Crippen LogP contribution in [0.3, 0.4) is 0 Å². The topological polar surface area (TPSA) is 58.9 Å². The Bertz CT molecular complexity index is 906. The number of allylic oxidation sites excluding steroid dienone is 3. The maximum absolute atomic E-state index is 13.2. The first kappa shape index (κ1) is 29.3. The summed E-state index contributed by atoms with van der Waals surface area (Å²) in [5.74, 6) is -1.13. The Morgan fingerprint density at radius 2 is 1.71 bits per heavy atom. The van der Waals surface area contributed by atoms with Crippen LogP contribution >= 0.6 is 0 Å². The molecular weight excluding hydrogens is 445 g/mol. The van der Waals surface area contributed by atoms with Crippen LogP contribution in [0.2, 0.25) is 0 Å². The van der Waals surface area contributed by atoms with Crippen molar-refractivity contribution in [2.24, 2.45) is 0 Å². The third-order valence-corrected chi connectivity index (χ3v) is 4.68. The van der Waals surface area contributed by atoms with Crippen LogP contribution in [0.4, 0.5) is 13.2 Å². The average Bonchev–Trinajstić information content (AvgIpc) is 3.35. The van der Waals surface area contributed by atoms with Gasteiger partial charge in [0.2, 0.25) is 0 Å². The molecule has 2 aromatic rings. The zero-order valence-corrected chi connectivity index (χ0v) is 19.4. The minimum absolute atomic E-state index is 0.204. The van der Waals surface area contributed by atoms with E-state index < -0.39 is 5.83 Å². The second-order valence-electron chi connectivity index (χ2n) is 7.27. The van der Waals surface area contributed by atoms with Crippen LogP contribution in [0, 0.1) is 11.6 Å². The molecule has 34 heavy (non-hydrogen) atoms. The molecule has 2 aromatic carbocycles. The van der Waals surface area contributed by atoms with E-state index in [1.54, 1.807) is 42.5 Å². The van der Waals surface area contributed by atoms with Gasteiger partial charge < -0.3 is 19.7 Å². The van der Waals surface area contributed by atoms with Gasteiger partial charge in [0.1, 0.15) is 17.5 Å². The van der Waals surface area contributed by atoms with Gasteiger partial charge in [0.05, 0.1) is 32.5 Å². The molecule has 1 fully saturated rings. The minimum atomic E-state index is -0.583. The van der Waals surface area contributed by atoms with E-state index in [0.29, 0.717) is 24.3 Å². The normalized spacial score (nSPS) is 15.4. The Morgan fingerprint density at radius 3 is 2.15 bits per heavy atom. The van der Waals surface area contributed by atoms with Crippen molar-refractivity contribution in [1.29, 1.82) is 0 Å². The summed E-state index contributed by atoms with van der Waals surface area (Å²) >= 11 is 0. The van der Waals surface area contributed by atoms with Crippen molar-refractivity contribution in [2.45, 2.75) is 39.1 Å². The third-order valence-electron chi connectivity index (χ3n) is 4.68. The summed E-state index contributed by atoms with van der Waals surface area (Å²) in [4.78, 5) is 0. The molecule has 7 heteroatoms. The van der Waals surface area contributed by atoms with Crippen molar-refractivity contribution >= 4 is 0 Å². The van der Waals surface area contributed by atoms with E-state index in [4.69, 9.17) is 19.7 Å². The van der Waals surface area contributed by atoms with E-state index in [2.05, 4.69) is 6.58 Å². The molecule has 1 heterocycles. The summed E-state index contributed by atoms with van der Waals surface area (Å²) in [5, 5.41) is 17.0. The molecule has 3 rings (SSSR count). The largest absolute Gasteiger partial charge is 0.392 e. The van der Waals surface area contributed by atoms with Gasteiger partial charge in [-0.1, -0.05) is 61.2 Å². The Kier molecular flexibility index (Phi) is 15.3. The SMILES string of the molecule is C=C(F)/C(=C\C=C/C)CO.Fc1ccccc1COC[C@@H]1CCCO1.OCc1ccccc1F. The molecule has 1 saturated heterocycles. The summed E-state index contributed by atoms with van der Waals surface area (Å²) < 4.78 is 48.7. The molecule has 4 nitrogen and oxygen atoms in total. The van der Waals surface area contributed by atoms with Crippen LogP contribution in [0.5, 0.6) is 0 Å². The van der Waals surface area contributed by atoms with Crippen LogP contribution in [-0.4, -0.2) is 36.1 Å². The first-order chi connectivity index (χ1) is 16.4. The van der Waals surface area contributed by atoms with Gasteiger partial charge in [0.25, 0.3) is 0 Å². The number of benzene rings is 2. The molecule has 1 aliphatic rings. The lowest BCUT2D eigenvalue weighted by atomic mass is 10.2. The third kappa shape index (κ3) is 12.0. The number of ether oxygens (including phenoxy) is 2. The van der Waals surface area contributed by atoms with Crippen molar-refractivity contribution in [2.75, 3.05) is 19.8 Å². The van der Waals surface area contributed by atoms with Gasteiger partial charge in [-0.2, -0.15) is 0 Å². The van der Waals surface area contributed by atoms with Gasteiger partial charge in [-0.15, -0.1) is 0 Å². The summed E-state index contributed by atoms with van der Waals surface area (Å²) in [6.07, 6.45) is 7.25. The lowest BCUT2D eigenvalue weighted by Crippen LogP contribution is -2.14. The van der Waals surface area contributed by atoms with Crippen LogP contribution < -0.4 is 0 Å². The van der Waals surface area contributed by atoms with Crippen LogP contribution in [-0.2, 0) is 22.7 Å². The zero-order chi connectivity index (χ0) is 25.2. The summed E-state index contributed by atoms with van der Waals surface area (Å²) in [6.45, 7) is 6.04. The second kappa shape index (κ2) is 17.7. The minimum Gasteiger partial charge on any atom is -0.392 e. The lowest BCUT2D eigenvalue weighted by Gasteiger charge is -2.10. The predicted octanol–water partition coefficient (Wildman–Crippen LogP) is 5.80. The summed E-state index contributed by atoms with van der Waals surface area (Å²) in [5.41, 5.74) is 1.17. The van der Waals surface area contributed by atoms with Crippen LogP contribution in [0.1, 0.15) is 30.9 Å². The molecular formula is C27H33F3O4. The summed E-state index contributed by atoms with van der Waals surface area (Å²) in [6, 6.07) is 12.8. The first-order valence-electron chi connectivity index (χ1n) is 11.0. The molecule has 1 atom stereocenters. The quantitative estimate of drug-likeness (QED) is 0.471. The molecule has 0 spiro atoms. The Balaban J connectivity index is 0.000000268. The molecule has 0 aliphatic carbocycles. The summed E-state index contributed by atoms with van der Waals surface area (Å²) in [7, 11) is 0. The molecule has 0 amide bonds. The Hall–Kier alpha value is -2.71. The van der Waals surface area contributed by atoms with Crippen LogP contribution in [0.15, 0.2) is 84.7 Å². The van der Waals surface area contributed by atoms with Gasteiger partial charge in [-0.05, 0) is 31.9 Å². The fourth-order valence-electron chi connectivity index (χ4n) is 2.76. The smallest absolute Gasteiger partial charge is 0.128 e. The van der Waals surface area contributed by atoms with E-state index in [9.17, 15) is 13.2 Å². The predicted molar refractivity (Wildman–Crippen MR) is 128 cm³/mol.